The van der Waals surface area contributed by atoms with Crippen molar-refractivity contribution in [1.82, 2.24) is 9.13 Å². The molecule has 0 aliphatic rings. The van der Waals surface area contributed by atoms with Crippen LogP contribution in [0.15, 0.2) is 58.4 Å². The number of amides is 1. The van der Waals surface area contributed by atoms with Crippen molar-refractivity contribution in [2.24, 2.45) is 0 Å². The van der Waals surface area contributed by atoms with Crippen LogP contribution in [0, 0.1) is 20.8 Å². The predicted octanol–water partition coefficient (Wildman–Crippen LogP) is 3.13. The van der Waals surface area contributed by atoms with Crippen LogP contribution in [0.4, 0.5) is 5.69 Å². The monoisotopic (exact) mass is 391 g/mol. The number of hydrogen-bond acceptors (Lipinski definition) is 3. The predicted molar refractivity (Wildman–Crippen MR) is 115 cm³/mol. The van der Waals surface area contributed by atoms with Gasteiger partial charge in [0, 0.05) is 23.8 Å². The van der Waals surface area contributed by atoms with Crippen LogP contribution in [0.25, 0.3) is 5.69 Å². The Bertz CT molecular complexity index is 1170. The number of anilines is 1. The summed E-state index contributed by atoms with van der Waals surface area (Å²) in [6.45, 7) is 7.58. The Morgan fingerprint density at radius 3 is 2.31 bits per heavy atom. The average molecular weight is 391 g/mol. The number of nitrogens with zero attached hydrogens (tertiary/aromatic N) is 2. The Morgan fingerprint density at radius 2 is 1.66 bits per heavy atom. The molecule has 0 saturated heterocycles. The molecule has 1 heterocycles. The number of benzene rings is 2. The second-order valence-electron chi connectivity index (χ2n) is 7.26. The Hall–Kier alpha value is -3.41. The molecule has 6 heteroatoms. The summed E-state index contributed by atoms with van der Waals surface area (Å²) in [5.41, 5.74) is 3.95. The van der Waals surface area contributed by atoms with Crippen molar-refractivity contribution in [2.45, 2.75) is 40.7 Å². The summed E-state index contributed by atoms with van der Waals surface area (Å²) < 4.78 is 2.45. The molecule has 3 aromatic rings. The van der Waals surface area contributed by atoms with E-state index in [0.717, 1.165) is 38.9 Å². The highest BCUT2D eigenvalue weighted by molar-refractivity contribution is 5.92. The Kier molecular flexibility index (Phi) is 5.82. The van der Waals surface area contributed by atoms with Crippen molar-refractivity contribution in [2.75, 3.05) is 5.32 Å². The third kappa shape index (κ3) is 4.37. The number of nitrogens with one attached hydrogen (secondary N) is 1. The van der Waals surface area contributed by atoms with Gasteiger partial charge in [-0.3, -0.25) is 23.5 Å². The van der Waals surface area contributed by atoms with Crippen LogP contribution in [-0.4, -0.2) is 15.0 Å². The Labute approximate surface area is 169 Å². The molecular weight excluding hydrogens is 366 g/mol. The minimum atomic E-state index is -0.734. The van der Waals surface area contributed by atoms with Crippen molar-refractivity contribution in [3.05, 3.63) is 91.8 Å². The maximum atomic E-state index is 12.6. The number of hydrogen-bond donors (Lipinski definition) is 1. The smallest absolute Gasteiger partial charge is 0.320 e. The molecule has 1 amide bonds. The van der Waals surface area contributed by atoms with E-state index >= 15 is 0 Å². The van der Waals surface area contributed by atoms with Gasteiger partial charge in [-0.25, -0.2) is 0 Å². The second-order valence-corrected chi connectivity index (χ2v) is 7.26. The number of carbonyl (C=O) groups excluding carboxylic acids is 1. The van der Waals surface area contributed by atoms with Crippen LogP contribution in [0.5, 0.6) is 0 Å². The van der Waals surface area contributed by atoms with Gasteiger partial charge in [0.05, 0.1) is 0 Å². The highest BCUT2D eigenvalue weighted by Gasteiger charge is 2.13. The van der Waals surface area contributed by atoms with Crippen LogP contribution >= 0.6 is 0 Å². The fraction of sp³-hybridized carbons (Fsp3) is 0.261. The zero-order chi connectivity index (χ0) is 21.1. The van der Waals surface area contributed by atoms with Crippen LogP contribution in [-0.2, 0) is 17.8 Å². The zero-order valence-corrected chi connectivity index (χ0v) is 17.2. The number of para-hydroxylation sites is 1. The summed E-state index contributed by atoms with van der Waals surface area (Å²) in [5.74, 6) is -0.348. The van der Waals surface area contributed by atoms with Gasteiger partial charge < -0.3 is 5.32 Å². The lowest BCUT2D eigenvalue weighted by atomic mass is 10.1. The SMILES string of the molecule is CCc1cccc(C)c1NC(=O)Cn1ccn(-c2cc(C)cc(C)c2)c(=O)c1=O. The molecule has 0 aliphatic heterocycles. The van der Waals surface area contributed by atoms with Crippen molar-refractivity contribution >= 4 is 11.6 Å². The third-order valence-corrected chi connectivity index (χ3v) is 4.86. The van der Waals surface area contributed by atoms with Gasteiger partial charge in [-0.05, 0) is 61.6 Å². The first kappa shape index (κ1) is 20.3. The zero-order valence-electron chi connectivity index (χ0n) is 17.2. The largest absolute Gasteiger partial charge is 0.324 e. The summed E-state index contributed by atoms with van der Waals surface area (Å²) in [7, 11) is 0. The van der Waals surface area contributed by atoms with Gasteiger partial charge in [0.2, 0.25) is 5.91 Å². The molecule has 3 rings (SSSR count). The maximum absolute atomic E-state index is 12.6. The normalized spacial score (nSPS) is 10.8. The average Bonchev–Trinajstić information content (AvgIpc) is 2.66. The van der Waals surface area contributed by atoms with Crippen molar-refractivity contribution < 1.29 is 4.79 Å². The van der Waals surface area contributed by atoms with Gasteiger partial charge in [-0.1, -0.05) is 31.2 Å². The summed E-state index contributed by atoms with van der Waals surface area (Å²) in [6, 6.07) is 11.5. The minimum Gasteiger partial charge on any atom is -0.324 e. The number of carbonyl (C=O) groups is 1. The second kappa shape index (κ2) is 8.31. The molecule has 29 heavy (non-hydrogen) atoms. The van der Waals surface area contributed by atoms with Gasteiger partial charge >= 0.3 is 11.1 Å². The van der Waals surface area contributed by atoms with E-state index in [1.165, 1.54) is 17.0 Å². The molecule has 0 atom stereocenters. The van der Waals surface area contributed by atoms with E-state index in [9.17, 15) is 14.4 Å². The lowest BCUT2D eigenvalue weighted by molar-refractivity contribution is -0.116. The van der Waals surface area contributed by atoms with E-state index in [1.807, 2.05) is 64.1 Å². The molecule has 150 valence electrons. The Balaban J connectivity index is 1.88. The van der Waals surface area contributed by atoms with Crippen molar-refractivity contribution in [3.63, 3.8) is 0 Å². The quantitative estimate of drug-likeness (QED) is 0.679. The summed E-state index contributed by atoms with van der Waals surface area (Å²) in [5, 5.41) is 2.88. The minimum absolute atomic E-state index is 0.223. The number of rotatable bonds is 5. The summed E-state index contributed by atoms with van der Waals surface area (Å²) >= 11 is 0. The first-order valence-corrected chi connectivity index (χ1v) is 9.59. The molecule has 6 nitrogen and oxygen atoms in total. The van der Waals surface area contributed by atoms with Crippen LogP contribution < -0.4 is 16.4 Å². The van der Waals surface area contributed by atoms with Crippen LogP contribution in [0.2, 0.25) is 0 Å². The van der Waals surface area contributed by atoms with Gasteiger partial charge in [0.25, 0.3) is 0 Å². The molecule has 0 radical (unpaired) electrons. The molecule has 0 spiro atoms. The topological polar surface area (TPSA) is 73.1 Å². The van der Waals surface area contributed by atoms with Gasteiger partial charge in [-0.15, -0.1) is 0 Å². The molecule has 0 unspecified atom stereocenters. The standard InChI is InChI=1S/C23H25N3O3/c1-5-18-8-6-7-17(4)21(18)24-20(27)14-25-9-10-26(23(29)22(25)28)19-12-15(2)11-16(3)13-19/h6-13H,5,14H2,1-4H3,(H,24,27). The Morgan fingerprint density at radius 1 is 0.966 bits per heavy atom. The lowest BCUT2D eigenvalue weighted by Crippen LogP contribution is -2.41. The molecule has 0 fully saturated rings. The van der Waals surface area contributed by atoms with E-state index in [0.29, 0.717) is 5.69 Å². The first-order chi connectivity index (χ1) is 13.8. The number of aromatic nitrogens is 2. The highest BCUT2D eigenvalue weighted by Crippen LogP contribution is 2.21. The maximum Gasteiger partial charge on any atom is 0.320 e. The molecule has 2 aromatic carbocycles. The molecule has 0 aliphatic carbocycles. The van der Waals surface area contributed by atoms with Crippen molar-refractivity contribution in [3.8, 4) is 5.69 Å². The number of aryl methyl sites for hydroxylation is 4. The van der Waals surface area contributed by atoms with Gasteiger partial charge in [-0.2, -0.15) is 0 Å². The van der Waals surface area contributed by atoms with E-state index in [2.05, 4.69) is 5.32 Å². The highest BCUT2D eigenvalue weighted by atomic mass is 16.2. The van der Waals surface area contributed by atoms with E-state index in [-0.39, 0.29) is 12.5 Å². The van der Waals surface area contributed by atoms with Crippen LogP contribution in [0.1, 0.15) is 29.2 Å². The first-order valence-electron chi connectivity index (χ1n) is 9.59. The molecule has 1 N–H and O–H groups in total. The van der Waals surface area contributed by atoms with Crippen molar-refractivity contribution in [1.29, 1.82) is 0 Å². The fourth-order valence-electron chi connectivity index (χ4n) is 3.46. The summed E-state index contributed by atoms with van der Waals surface area (Å²) in [6.07, 6.45) is 3.78. The molecule has 1 aromatic heterocycles. The molecule has 0 saturated carbocycles. The summed E-state index contributed by atoms with van der Waals surface area (Å²) in [4.78, 5) is 37.7. The van der Waals surface area contributed by atoms with Gasteiger partial charge in [0.15, 0.2) is 0 Å². The van der Waals surface area contributed by atoms with E-state index in [1.54, 1.807) is 0 Å². The molecular formula is C23H25N3O3. The fourth-order valence-corrected chi connectivity index (χ4v) is 3.46. The lowest BCUT2D eigenvalue weighted by Gasteiger charge is -2.14. The molecule has 0 bridgehead atoms. The van der Waals surface area contributed by atoms with Crippen LogP contribution in [0.3, 0.4) is 0 Å². The third-order valence-electron chi connectivity index (χ3n) is 4.86. The van der Waals surface area contributed by atoms with E-state index < -0.39 is 11.1 Å². The van der Waals surface area contributed by atoms with Gasteiger partial charge in [0.1, 0.15) is 6.54 Å². The van der Waals surface area contributed by atoms with E-state index in [4.69, 9.17) is 0 Å².